The van der Waals surface area contributed by atoms with Gasteiger partial charge in [-0.05, 0) is 30.7 Å². The van der Waals surface area contributed by atoms with Crippen LogP contribution in [0.2, 0.25) is 0 Å². The average Bonchev–Trinajstić information content (AvgIpc) is 2.83. The van der Waals surface area contributed by atoms with Crippen LogP contribution in [0.4, 0.5) is 0 Å². The van der Waals surface area contributed by atoms with E-state index >= 15 is 0 Å². The molecule has 31 heavy (non-hydrogen) atoms. The molecule has 156 valence electrons. The van der Waals surface area contributed by atoms with Crippen LogP contribution in [0.3, 0.4) is 0 Å². The first kappa shape index (κ1) is 20.3. The van der Waals surface area contributed by atoms with Crippen molar-refractivity contribution in [2.45, 2.75) is 13.0 Å². The lowest BCUT2D eigenvalue weighted by atomic mass is 10.1. The molecule has 1 aromatic heterocycles. The summed E-state index contributed by atoms with van der Waals surface area (Å²) in [7, 11) is 1.51. The molecule has 1 heterocycles. The number of aromatic nitrogens is 2. The highest BCUT2D eigenvalue weighted by atomic mass is 16.5. The zero-order valence-electron chi connectivity index (χ0n) is 17.2. The largest absolute Gasteiger partial charge is 0.496 e. The minimum Gasteiger partial charge on any atom is -0.496 e. The highest BCUT2D eigenvalue weighted by molar-refractivity contribution is 5.92. The van der Waals surface area contributed by atoms with Crippen LogP contribution in [0.25, 0.3) is 22.3 Å². The number of nitrogens with zero attached hydrogens (tertiary/aromatic N) is 2. The van der Waals surface area contributed by atoms with Crippen molar-refractivity contribution < 1.29 is 14.3 Å². The number of hydrogen-bond acceptors (Lipinski definition) is 5. The first-order chi connectivity index (χ1) is 15.2. The minimum absolute atomic E-state index is 0.111. The molecule has 6 heteroatoms. The Hall–Kier alpha value is -3.93. The van der Waals surface area contributed by atoms with Crippen molar-refractivity contribution in [2.24, 2.45) is 0 Å². The number of carbonyl (C=O) groups excluding carboxylic acids is 1. The molecule has 0 bridgehead atoms. The molecule has 0 amide bonds. The van der Waals surface area contributed by atoms with Gasteiger partial charge in [-0.25, -0.2) is 9.78 Å². The second-order valence-electron chi connectivity index (χ2n) is 6.97. The van der Waals surface area contributed by atoms with Crippen LogP contribution in [0.1, 0.15) is 16.8 Å². The predicted molar refractivity (Wildman–Crippen MR) is 119 cm³/mol. The zero-order chi connectivity index (χ0) is 21.6. The maximum absolute atomic E-state index is 13.2. The van der Waals surface area contributed by atoms with Crippen molar-refractivity contribution >= 4 is 16.9 Å². The molecule has 0 saturated heterocycles. The lowest BCUT2D eigenvalue weighted by Crippen LogP contribution is -2.24. The molecule has 0 atom stereocenters. The molecule has 0 aliphatic rings. The molecule has 0 radical (unpaired) electrons. The highest BCUT2D eigenvalue weighted by Crippen LogP contribution is 2.20. The summed E-state index contributed by atoms with van der Waals surface area (Å²) in [5.74, 6) is 0.610. The second kappa shape index (κ2) is 9.26. The van der Waals surface area contributed by atoms with Crippen molar-refractivity contribution in [1.82, 2.24) is 9.55 Å². The molecule has 0 aliphatic carbocycles. The number of benzene rings is 3. The summed E-state index contributed by atoms with van der Waals surface area (Å²) in [6.07, 6.45) is 0.473. The van der Waals surface area contributed by atoms with Gasteiger partial charge in [0, 0.05) is 12.1 Å². The Kier molecular flexibility index (Phi) is 6.08. The molecule has 0 aliphatic heterocycles. The fourth-order valence-electron chi connectivity index (χ4n) is 3.46. The standard InChI is InChI=1S/C25H22N2O4/c1-30-22-15-8-6-13-20(22)25(29)31-17-9-16-27-23(18-10-3-2-4-11-18)26-21-14-7-5-12-19(21)24(27)28/h2-8,10-15H,9,16-17H2,1H3. The van der Waals surface area contributed by atoms with E-state index in [0.717, 1.165) is 5.56 Å². The minimum atomic E-state index is -0.454. The van der Waals surface area contributed by atoms with Crippen molar-refractivity contribution in [1.29, 1.82) is 0 Å². The van der Waals surface area contributed by atoms with Crippen molar-refractivity contribution in [3.05, 3.63) is 94.8 Å². The number of rotatable bonds is 7. The topological polar surface area (TPSA) is 70.4 Å². The van der Waals surface area contributed by atoms with Crippen LogP contribution < -0.4 is 10.3 Å². The third-order valence-electron chi connectivity index (χ3n) is 4.98. The quantitative estimate of drug-likeness (QED) is 0.333. The van der Waals surface area contributed by atoms with Gasteiger partial charge in [0.15, 0.2) is 0 Å². The first-order valence-electron chi connectivity index (χ1n) is 10.0. The van der Waals surface area contributed by atoms with Gasteiger partial charge in [0.1, 0.15) is 17.1 Å². The van der Waals surface area contributed by atoms with Gasteiger partial charge in [-0.1, -0.05) is 54.6 Å². The van der Waals surface area contributed by atoms with E-state index in [1.165, 1.54) is 7.11 Å². The van der Waals surface area contributed by atoms with Gasteiger partial charge >= 0.3 is 5.97 Å². The van der Waals surface area contributed by atoms with Crippen LogP contribution in [-0.2, 0) is 11.3 Å². The lowest BCUT2D eigenvalue weighted by molar-refractivity contribution is 0.0492. The van der Waals surface area contributed by atoms with Gasteiger partial charge in [-0.3, -0.25) is 9.36 Å². The number of carbonyl (C=O) groups is 1. The molecule has 6 nitrogen and oxygen atoms in total. The Morgan fingerprint density at radius 2 is 1.65 bits per heavy atom. The summed E-state index contributed by atoms with van der Waals surface area (Å²) in [6, 6.07) is 23.8. The maximum atomic E-state index is 13.2. The molecule has 0 N–H and O–H groups in total. The fourth-order valence-corrected chi connectivity index (χ4v) is 3.46. The van der Waals surface area contributed by atoms with Gasteiger partial charge in [0.05, 0.1) is 24.6 Å². The summed E-state index contributed by atoms with van der Waals surface area (Å²) >= 11 is 0. The fraction of sp³-hybridized carbons (Fsp3) is 0.160. The van der Waals surface area contributed by atoms with Crippen molar-refractivity contribution in [3.8, 4) is 17.1 Å². The molecule has 0 saturated carbocycles. The molecular weight excluding hydrogens is 392 g/mol. The molecule has 4 aromatic rings. The number of fused-ring (bicyclic) bond motifs is 1. The van der Waals surface area contributed by atoms with Crippen LogP contribution in [0, 0.1) is 0 Å². The van der Waals surface area contributed by atoms with E-state index in [4.69, 9.17) is 14.5 Å². The van der Waals surface area contributed by atoms with Gasteiger partial charge in [0.25, 0.3) is 5.56 Å². The van der Waals surface area contributed by atoms with Crippen LogP contribution in [0.5, 0.6) is 5.75 Å². The summed E-state index contributed by atoms with van der Waals surface area (Å²) in [5, 5.41) is 0.563. The third kappa shape index (κ3) is 4.33. The number of hydrogen-bond donors (Lipinski definition) is 0. The Labute approximate surface area is 179 Å². The molecule has 4 rings (SSSR count). The van der Waals surface area contributed by atoms with Gasteiger partial charge in [-0.2, -0.15) is 0 Å². The summed E-state index contributed by atoms with van der Waals surface area (Å²) in [5.41, 5.74) is 1.78. The Balaban J connectivity index is 1.55. The molecule has 0 unspecified atom stereocenters. The normalized spacial score (nSPS) is 10.7. The van der Waals surface area contributed by atoms with Gasteiger partial charge in [0.2, 0.25) is 0 Å². The van der Waals surface area contributed by atoms with Gasteiger partial charge in [-0.15, -0.1) is 0 Å². The van der Waals surface area contributed by atoms with E-state index in [-0.39, 0.29) is 12.2 Å². The van der Waals surface area contributed by atoms with Gasteiger partial charge < -0.3 is 9.47 Å². The van der Waals surface area contributed by atoms with E-state index in [9.17, 15) is 9.59 Å². The number of ether oxygens (including phenoxy) is 2. The van der Waals surface area contributed by atoms with Crippen LogP contribution >= 0.6 is 0 Å². The maximum Gasteiger partial charge on any atom is 0.341 e. The summed E-state index contributed by atoms with van der Waals surface area (Å²) in [4.78, 5) is 30.3. The lowest BCUT2D eigenvalue weighted by Gasteiger charge is -2.14. The summed E-state index contributed by atoms with van der Waals surface area (Å²) in [6.45, 7) is 0.546. The monoisotopic (exact) mass is 414 g/mol. The molecular formula is C25H22N2O4. The smallest absolute Gasteiger partial charge is 0.341 e. The second-order valence-corrected chi connectivity index (χ2v) is 6.97. The Bertz CT molecular complexity index is 1270. The number of para-hydroxylation sites is 2. The van der Waals surface area contributed by atoms with Crippen LogP contribution in [-0.4, -0.2) is 29.2 Å². The van der Waals surface area contributed by atoms with Crippen LogP contribution in [0.15, 0.2) is 83.7 Å². The molecule has 0 fully saturated rings. The van der Waals surface area contributed by atoms with E-state index in [1.54, 1.807) is 34.9 Å². The molecule has 0 spiro atoms. The van der Waals surface area contributed by atoms with E-state index in [0.29, 0.717) is 41.0 Å². The van der Waals surface area contributed by atoms with Crippen molar-refractivity contribution in [2.75, 3.05) is 13.7 Å². The Morgan fingerprint density at radius 3 is 2.45 bits per heavy atom. The summed E-state index contributed by atoms with van der Waals surface area (Å²) < 4.78 is 12.3. The highest BCUT2D eigenvalue weighted by Gasteiger charge is 2.15. The third-order valence-corrected chi connectivity index (χ3v) is 4.98. The Morgan fingerprint density at radius 1 is 0.935 bits per heavy atom. The van der Waals surface area contributed by atoms with Crippen molar-refractivity contribution in [3.63, 3.8) is 0 Å². The number of esters is 1. The number of methoxy groups -OCH3 is 1. The zero-order valence-corrected chi connectivity index (χ0v) is 17.2. The SMILES string of the molecule is COc1ccccc1C(=O)OCCCn1c(-c2ccccc2)nc2ccccc2c1=O. The molecule has 3 aromatic carbocycles. The van der Waals surface area contributed by atoms with E-state index in [2.05, 4.69) is 0 Å². The first-order valence-corrected chi connectivity index (χ1v) is 10.0. The predicted octanol–water partition coefficient (Wildman–Crippen LogP) is 4.32. The van der Waals surface area contributed by atoms with E-state index in [1.807, 2.05) is 48.5 Å². The van der Waals surface area contributed by atoms with E-state index < -0.39 is 5.97 Å². The average molecular weight is 414 g/mol.